The molecule has 0 fully saturated rings. The van der Waals surface area contributed by atoms with E-state index in [1.165, 1.54) is 6.33 Å². The van der Waals surface area contributed by atoms with Gasteiger partial charge in [-0.3, -0.25) is 0 Å². The first-order chi connectivity index (χ1) is 10.1. The van der Waals surface area contributed by atoms with E-state index in [4.69, 9.17) is 5.73 Å². The number of aliphatic hydroxyl groups excluding tert-OH is 1. The molecule has 0 unspecified atom stereocenters. The van der Waals surface area contributed by atoms with Crippen molar-refractivity contribution in [2.45, 2.75) is 19.9 Å². The number of rotatable bonds is 4. The summed E-state index contributed by atoms with van der Waals surface area (Å²) in [5, 5.41) is 14.7. The van der Waals surface area contributed by atoms with Gasteiger partial charge in [0.1, 0.15) is 17.8 Å². The molecule has 2 aromatic heterocycles. The molecule has 2 heterocycles. The molecule has 5 N–H and O–H groups in total. The number of nitrogens with zero attached hydrogens (tertiary/aromatic N) is 2. The number of hydrogen-bond donors (Lipinski definition) is 4. The van der Waals surface area contributed by atoms with E-state index in [1.54, 1.807) is 0 Å². The predicted molar refractivity (Wildman–Crippen MR) is 85.1 cm³/mol. The van der Waals surface area contributed by atoms with Crippen molar-refractivity contribution in [3.8, 4) is 0 Å². The first-order valence-corrected chi connectivity index (χ1v) is 7.00. The van der Waals surface area contributed by atoms with Crippen molar-refractivity contribution < 1.29 is 5.11 Å². The van der Waals surface area contributed by atoms with Crippen LogP contribution in [0.2, 0.25) is 0 Å². The maximum atomic E-state index is 9.50. The van der Waals surface area contributed by atoms with E-state index in [0.29, 0.717) is 11.5 Å². The van der Waals surface area contributed by atoms with Crippen molar-refractivity contribution >= 4 is 33.4 Å². The van der Waals surface area contributed by atoms with Crippen molar-refractivity contribution in [3.63, 3.8) is 0 Å². The van der Waals surface area contributed by atoms with Gasteiger partial charge in [0, 0.05) is 5.39 Å². The van der Waals surface area contributed by atoms with Crippen LogP contribution >= 0.6 is 0 Å². The van der Waals surface area contributed by atoms with Crippen LogP contribution in [0.5, 0.6) is 0 Å². The Hall–Kier alpha value is -2.34. The second-order valence-electron chi connectivity index (χ2n) is 5.52. The third-order valence-corrected chi connectivity index (χ3v) is 3.78. The van der Waals surface area contributed by atoms with E-state index in [1.807, 2.05) is 18.2 Å². The fourth-order valence-corrected chi connectivity index (χ4v) is 2.48. The molecule has 0 radical (unpaired) electrons. The van der Waals surface area contributed by atoms with Crippen LogP contribution in [-0.2, 0) is 0 Å². The topological polar surface area (TPSA) is 99.8 Å². The van der Waals surface area contributed by atoms with Crippen molar-refractivity contribution in [2.75, 3.05) is 17.7 Å². The summed E-state index contributed by atoms with van der Waals surface area (Å²) in [6.07, 6.45) is 1.50. The van der Waals surface area contributed by atoms with Gasteiger partial charge in [-0.05, 0) is 12.0 Å². The van der Waals surface area contributed by atoms with Gasteiger partial charge >= 0.3 is 0 Å². The Morgan fingerprint density at radius 1 is 1.33 bits per heavy atom. The number of anilines is 2. The zero-order valence-corrected chi connectivity index (χ0v) is 12.1. The zero-order chi connectivity index (χ0) is 15.0. The highest BCUT2D eigenvalue weighted by Gasteiger charge is 2.17. The second-order valence-corrected chi connectivity index (χ2v) is 5.52. The fourth-order valence-electron chi connectivity index (χ4n) is 2.48. The van der Waals surface area contributed by atoms with Crippen molar-refractivity contribution in [2.24, 2.45) is 5.92 Å². The minimum Gasteiger partial charge on any atom is -0.397 e. The Kier molecular flexibility index (Phi) is 3.39. The fraction of sp³-hybridized carbons (Fsp3) is 0.333. The largest absolute Gasteiger partial charge is 0.397 e. The predicted octanol–water partition coefficient (Wildman–Crippen LogP) is 2.12. The van der Waals surface area contributed by atoms with E-state index in [-0.39, 0.29) is 18.6 Å². The third kappa shape index (κ3) is 2.27. The third-order valence-electron chi connectivity index (χ3n) is 3.78. The van der Waals surface area contributed by atoms with Gasteiger partial charge < -0.3 is 21.1 Å². The van der Waals surface area contributed by atoms with Gasteiger partial charge in [0.2, 0.25) is 0 Å². The van der Waals surface area contributed by atoms with Gasteiger partial charge in [0.25, 0.3) is 0 Å². The van der Waals surface area contributed by atoms with Crippen LogP contribution in [0.3, 0.4) is 0 Å². The summed E-state index contributed by atoms with van der Waals surface area (Å²) in [4.78, 5) is 11.8. The molecule has 0 aliphatic rings. The van der Waals surface area contributed by atoms with Crippen LogP contribution in [0.25, 0.3) is 21.9 Å². The quantitative estimate of drug-likeness (QED) is 0.550. The van der Waals surface area contributed by atoms with Crippen LogP contribution in [0.1, 0.15) is 13.8 Å². The molecule has 6 nitrogen and oxygen atoms in total. The molecule has 0 aliphatic carbocycles. The number of para-hydroxylation sites is 1. The van der Waals surface area contributed by atoms with Crippen molar-refractivity contribution in [1.82, 2.24) is 15.0 Å². The minimum atomic E-state index is -0.0610. The number of aromatic nitrogens is 3. The first kappa shape index (κ1) is 13.6. The number of fused-ring (bicyclic) bond motifs is 3. The molecule has 21 heavy (non-hydrogen) atoms. The molecule has 6 heteroatoms. The lowest BCUT2D eigenvalue weighted by molar-refractivity contribution is 0.249. The number of hydrogen-bond acceptors (Lipinski definition) is 5. The number of H-pyrrole nitrogens is 1. The average Bonchev–Trinajstić information content (AvgIpc) is 2.85. The van der Waals surface area contributed by atoms with Crippen LogP contribution in [0.4, 0.5) is 11.5 Å². The molecular formula is C15H19N5O. The van der Waals surface area contributed by atoms with Crippen LogP contribution in [0.15, 0.2) is 24.5 Å². The molecule has 0 spiro atoms. The lowest BCUT2D eigenvalue weighted by atomic mass is 10.1. The normalized spacial score (nSPS) is 13.1. The maximum Gasteiger partial charge on any atom is 0.144 e. The standard InChI is InChI=1S/C15H19N5O/c1-8(2)11(6-21)19-14-12-9-4-3-5-10(16)13(9)20-15(12)18-7-17-14/h3-5,7-8,11,21H,6,16H2,1-2H3,(H2,17,18,19,20)/t11-/m0/s1. The van der Waals surface area contributed by atoms with Gasteiger partial charge in [-0.2, -0.15) is 0 Å². The molecule has 0 saturated carbocycles. The molecule has 0 amide bonds. The number of nitrogens with one attached hydrogen (secondary N) is 2. The molecule has 3 aromatic rings. The highest BCUT2D eigenvalue weighted by Crippen LogP contribution is 2.32. The smallest absolute Gasteiger partial charge is 0.144 e. The Labute approximate surface area is 122 Å². The average molecular weight is 285 g/mol. The van der Waals surface area contributed by atoms with Gasteiger partial charge in [-0.1, -0.05) is 26.0 Å². The number of nitrogens with two attached hydrogens (primary N) is 1. The molecule has 0 aliphatic heterocycles. The summed E-state index contributed by atoms with van der Waals surface area (Å²) in [6.45, 7) is 4.16. The van der Waals surface area contributed by atoms with Crippen LogP contribution < -0.4 is 11.1 Å². The van der Waals surface area contributed by atoms with Crippen molar-refractivity contribution in [3.05, 3.63) is 24.5 Å². The zero-order valence-electron chi connectivity index (χ0n) is 12.1. The Morgan fingerprint density at radius 2 is 2.14 bits per heavy atom. The molecule has 1 aromatic carbocycles. The summed E-state index contributed by atoms with van der Waals surface area (Å²) in [7, 11) is 0. The minimum absolute atomic E-state index is 0.0493. The lowest BCUT2D eigenvalue weighted by Crippen LogP contribution is -2.29. The summed E-state index contributed by atoms with van der Waals surface area (Å²) >= 11 is 0. The molecule has 1 atom stereocenters. The molecule has 0 saturated heterocycles. The number of aromatic amines is 1. The number of nitrogen functional groups attached to an aromatic ring is 1. The molecule has 0 bridgehead atoms. The number of benzene rings is 1. The molecule has 3 rings (SSSR count). The van der Waals surface area contributed by atoms with E-state index in [2.05, 4.69) is 34.1 Å². The Balaban J connectivity index is 2.19. The molecular weight excluding hydrogens is 266 g/mol. The van der Waals surface area contributed by atoms with Gasteiger partial charge in [-0.15, -0.1) is 0 Å². The van der Waals surface area contributed by atoms with Crippen molar-refractivity contribution in [1.29, 1.82) is 0 Å². The highest BCUT2D eigenvalue weighted by atomic mass is 16.3. The monoisotopic (exact) mass is 285 g/mol. The van der Waals surface area contributed by atoms with E-state index in [9.17, 15) is 5.11 Å². The Morgan fingerprint density at radius 3 is 2.86 bits per heavy atom. The summed E-state index contributed by atoms with van der Waals surface area (Å²) in [5.41, 5.74) is 8.28. The van der Waals surface area contributed by atoms with Gasteiger partial charge in [0.05, 0.1) is 29.2 Å². The van der Waals surface area contributed by atoms with Crippen LogP contribution in [0, 0.1) is 5.92 Å². The summed E-state index contributed by atoms with van der Waals surface area (Å²) in [6, 6.07) is 5.69. The lowest BCUT2D eigenvalue weighted by Gasteiger charge is -2.20. The number of aliphatic hydroxyl groups is 1. The SMILES string of the molecule is CC(C)[C@H](CO)Nc1ncnc2[nH]c3c(N)cccc3c12. The Bertz CT molecular complexity index is 780. The molecule has 110 valence electrons. The van der Waals surface area contributed by atoms with Crippen LogP contribution in [-0.4, -0.2) is 32.7 Å². The summed E-state index contributed by atoms with van der Waals surface area (Å²) in [5.74, 6) is 1.000. The van der Waals surface area contributed by atoms with Gasteiger partial charge in [-0.25, -0.2) is 9.97 Å². The highest BCUT2D eigenvalue weighted by molar-refractivity contribution is 6.13. The maximum absolute atomic E-state index is 9.50. The van der Waals surface area contributed by atoms with E-state index in [0.717, 1.165) is 21.9 Å². The van der Waals surface area contributed by atoms with E-state index < -0.39 is 0 Å². The first-order valence-electron chi connectivity index (χ1n) is 7.00. The summed E-state index contributed by atoms with van der Waals surface area (Å²) < 4.78 is 0. The second kappa shape index (κ2) is 5.21. The van der Waals surface area contributed by atoms with E-state index >= 15 is 0 Å². The van der Waals surface area contributed by atoms with Gasteiger partial charge in [0.15, 0.2) is 0 Å².